The summed E-state index contributed by atoms with van der Waals surface area (Å²) in [5.41, 5.74) is 3.44. The molecule has 94 valence electrons. The van der Waals surface area contributed by atoms with Gasteiger partial charge in [0.1, 0.15) is 5.82 Å². The van der Waals surface area contributed by atoms with Crippen molar-refractivity contribution in [3.63, 3.8) is 0 Å². The average molecular weight is 308 g/mol. The third kappa shape index (κ3) is 2.79. The van der Waals surface area contributed by atoms with Crippen LogP contribution in [-0.2, 0) is 0 Å². The van der Waals surface area contributed by atoms with Gasteiger partial charge in [-0.3, -0.25) is 0 Å². The molecule has 0 radical (unpaired) electrons. The number of hydrogen-bond acceptors (Lipinski definition) is 1. The zero-order valence-corrected chi connectivity index (χ0v) is 12.0. The quantitative estimate of drug-likeness (QED) is 0.896. The molecule has 0 spiro atoms. The maximum Gasteiger partial charge on any atom is 0.137 e. The number of aryl methyl sites for hydroxylation is 1. The predicted octanol–water partition coefficient (Wildman–Crippen LogP) is 4.21. The monoisotopic (exact) mass is 307 g/mol. The first-order chi connectivity index (χ1) is 8.61. The maximum absolute atomic E-state index is 13.3. The first-order valence-electron chi connectivity index (χ1n) is 5.80. The molecule has 3 heteroatoms. The zero-order chi connectivity index (χ0) is 13.1. The van der Waals surface area contributed by atoms with Crippen LogP contribution < -0.4 is 5.32 Å². The SMILES string of the molecule is CNC(c1ccc(C)cc1)c1ccc(F)c(Br)c1. The second-order valence-corrected chi connectivity index (χ2v) is 5.16. The van der Waals surface area contributed by atoms with E-state index in [1.807, 2.05) is 13.1 Å². The molecule has 2 aromatic carbocycles. The summed E-state index contributed by atoms with van der Waals surface area (Å²) in [4.78, 5) is 0. The molecule has 0 aliphatic rings. The second-order valence-electron chi connectivity index (χ2n) is 4.31. The first-order valence-corrected chi connectivity index (χ1v) is 6.60. The summed E-state index contributed by atoms with van der Waals surface area (Å²) in [6, 6.07) is 13.5. The van der Waals surface area contributed by atoms with E-state index in [-0.39, 0.29) is 11.9 Å². The largest absolute Gasteiger partial charge is 0.309 e. The van der Waals surface area contributed by atoms with Gasteiger partial charge in [0.2, 0.25) is 0 Å². The molecule has 0 heterocycles. The molecule has 1 atom stereocenters. The normalized spacial score (nSPS) is 12.4. The van der Waals surface area contributed by atoms with E-state index in [2.05, 4.69) is 52.4 Å². The van der Waals surface area contributed by atoms with Crippen molar-refractivity contribution < 1.29 is 4.39 Å². The zero-order valence-electron chi connectivity index (χ0n) is 10.4. The number of rotatable bonds is 3. The van der Waals surface area contributed by atoms with Gasteiger partial charge in [-0.15, -0.1) is 0 Å². The summed E-state index contributed by atoms with van der Waals surface area (Å²) in [6.07, 6.45) is 0. The Morgan fingerprint density at radius 2 is 1.67 bits per heavy atom. The third-order valence-electron chi connectivity index (χ3n) is 2.98. The fourth-order valence-electron chi connectivity index (χ4n) is 1.98. The van der Waals surface area contributed by atoms with E-state index < -0.39 is 0 Å². The van der Waals surface area contributed by atoms with Crippen LogP contribution in [0.3, 0.4) is 0 Å². The van der Waals surface area contributed by atoms with E-state index in [9.17, 15) is 4.39 Å². The van der Waals surface area contributed by atoms with Crippen molar-refractivity contribution in [2.75, 3.05) is 7.05 Å². The highest BCUT2D eigenvalue weighted by molar-refractivity contribution is 9.10. The predicted molar refractivity (Wildman–Crippen MR) is 76.2 cm³/mol. The van der Waals surface area contributed by atoms with Crippen molar-refractivity contribution in [1.82, 2.24) is 5.32 Å². The molecule has 0 aromatic heterocycles. The summed E-state index contributed by atoms with van der Waals surface area (Å²) in [7, 11) is 1.90. The Morgan fingerprint density at radius 1 is 1.06 bits per heavy atom. The lowest BCUT2D eigenvalue weighted by molar-refractivity contribution is 0.616. The highest BCUT2D eigenvalue weighted by atomic mass is 79.9. The number of benzene rings is 2. The fourth-order valence-corrected chi connectivity index (χ4v) is 2.37. The summed E-state index contributed by atoms with van der Waals surface area (Å²) in [6.45, 7) is 2.06. The summed E-state index contributed by atoms with van der Waals surface area (Å²) in [5, 5.41) is 3.26. The van der Waals surface area contributed by atoms with Crippen LogP contribution in [0.15, 0.2) is 46.9 Å². The van der Waals surface area contributed by atoms with Crippen LogP contribution in [0, 0.1) is 12.7 Å². The Morgan fingerprint density at radius 3 is 2.22 bits per heavy atom. The summed E-state index contributed by atoms with van der Waals surface area (Å²) in [5.74, 6) is -0.238. The van der Waals surface area contributed by atoms with Crippen molar-refractivity contribution in [3.8, 4) is 0 Å². The molecule has 0 saturated heterocycles. The first kappa shape index (κ1) is 13.2. The summed E-state index contributed by atoms with van der Waals surface area (Å²) >= 11 is 3.22. The molecule has 0 fully saturated rings. The minimum atomic E-state index is -0.238. The lowest BCUT2D eigenvalue weighted by Crippen LogP contribution is -2.17. The van der Waals surface area contributed by atoms with Crippen molar-refractivity contribution in [1.29, 1.82) is 0 Å². The van der Waals surface area contributed by atoms with Gasteiger partial charge in [-0.2, -0.15) is 0 Å². The Hall–Kier alpha value is -1.19. The van der Waals surface area contributed by atoms with Crippen LogP contribution in [0.25, 0.3) is 0 Å². The highest BCUT2D eigenvalue weighted by Gasteiger charge is 2.13. The van der Waals surface area contributed by atoms with E-state index in [0.29, 0.717) is 4.47 Å². The molecule has 1 unspecified atom stereocenters. The molecular formula is C15H15BrFN. The highest BCUT2D eigenvalue weighted by Crippen LogP contribution is 2.26. The maximum atomic E-state index is 13.3. The molecule has 0 aliphatic carbocycles. The Balaban J connectivity index is 2.38. The van der Waals surface area contributed by atoms with E-state index >= 15 is 0 Å². The van der Waals surface area contributed by atoms with Gasteiger partial charge < -0.3 is 5.32 Å². The van der Waals surface area contributed by atoms with Gasteiger partial charge in [0, 0.05) is 0 Å². The van der Waals surface area contributed by atoms with Crippen LogP contribution in [0.4, 0.5) is 4.39 Å². The van der Waals surface area contributed by atoms with Gasteiger partial charge in [-0.05, 0) is 53.2 Å². The Labute approximate surface area is 115 Å². The minimum absolute atomic E-state index is 0.0718. The van der Waals surface area contributed by atoms with Crippen molar-refractivity contribution in [2.45, 2.75) is 13.0 Å². The molecule has 0 saturated carbocycles. The lowest BCUT2D eigenvalue weighted by Gasteiger charge is -2.18. The standard InChI is InChI=1S/C15H15BrFN/c1-10-3-5-11(6-4-10)15(18-2)12-7-8-14(17)13(16)9-12/h3-9,15,18H,1-2H3. The number of hydrogen-bond donors (Lipinski definition) is 1. The van der Waals surface area contributed by atoms with Crippen LogP contribution in [-0.4, -0.2) is 7.05 Å². The van der Waals surface area contributed by atoms with E-state index in [1.165, 1.54) is 17.2 Å². The van der Waals surface area contributed by atoms with E-state index in [0.717, 1.165) is 5.56 Å². The Bertz CT molecular complexity index is 537. The number of nitrogens with one attached hydrogen (secondary N) is 1. The van der Waals surface area contributed by atoms with Crippen LogP contribution in [0.1, 0.15) is 22.7 Å². The van der Waals surface area contributed by atoms with Gasteiger partial charge >= 0.3 is 0 Å². The van der Waals surface area contributed by atoms with Crippen molar-refractivity contribution in [2.24, 2.45) is 0 Å². The van der Waals surface area contributed by atoms with Crippen molar-refractivity contribution >= 4 is 15.9 Å². The topological polar surface area (TPSA) is 12.0 Å². The van der Waals surface area contributed by atoms with Gasteiger partial charge in [0.15, 0.2) is 0 Å². The van der Waals surface area contributed by atoms with E-state index in [1.54, 1.807) is 6.07 Å². The van der Waals surface area contributed by atoms with Crippen molar-refractivity contribution in [3.05, 3.63) is 69.4 Å². The Kier molecular flexibility index (Phi) is 4.15. The smallest absolute Gasteiger partial charge is 0.137 e. The van der Waals surface area contributed by atoms with Crippen LogP contribution in [0.2, 0.25) is 0 Å². The molecule has 2 rings (SSSR count). The molecule has 1 N–H and O–H groups in total. The molecule has 18 heavy (non-hydrogen) atoms. The van der Waals surface area contributed by atoms with E-state index in [4.69, 9.17) is 0 Å². The average Bonchev–Trinajstić information content (AvgIpc) is 2.37. The molecule has 2 aromatic rings. The molecule has 0 bridgehead atoms. The minimum Gasteiger partial charge on any atom is -0.309 e. The van der Waals surface area contributed by atoms with Crippen LogP contribution >= 0.6 is 15.9 Å². The molecule has 0 aliphatic heterocycles. The van der Waals surface area contributed by atoms with Gasteiger partial charge in [0.25, 0.3) is 0 Å². The third-order valence-corrected chi connectivity index (χ3v) is 3.58. The van der Waals surface area contributed by atoms with Gasteiger partial charge in [0.05, 0.1) is 10.5 Å². The molecule has 0 amide bonds. The van der Waals surface area contributed by atoms with Gasteiger partial charge in [-0.25, -0.2) is 4.39 Å². The second kappa shape index (κ2) is 5.63. The van der Waals surface area contributed by atoms with Gasteiger partial charge in [-0.1, -0.05) is 35.9 Å². The fraction of sp³-hybridized carbons (Fsp3) is 0.200. The molecular weight excluding hydrogens is 293 g/mol. The molecule has 1 nitrogen and oxygen atoms in total. The summed E-state index contributed by atoms with van der Waals surface area (Å²) < 4.78 is 13.7. The van der Waals surface area contributed by atoms with Crippen LogP contribution in [0.5, 0.6) is 0 Å². The lowest BCUT2D eigenvalue weighted by atomic mass is 9.98. The number of halogens is 2.